The minimum absolute atomic E-state index is 0.396. The highest BCUT2D eigenvalue weighted by Crippen LogP contribution is 2.34. The number of rotatable bonds is 7. The molecule has 0 saturated carbocycles. The van der Waals surface area contributed by atoms with Crippen molar-refractivity contribution < 1.29 is 0 Å². The molecule has 2 unspecified atom stereocenters. The lowest BCUT2D eigenvalue weighted by atomic mass is 10.0. The Labute approximate surface area is 133 Å². The van der Waals surface area contributed by atoms with E-state index in [-0.39, 0.29) is 0 Å². The zero-order valence-corrected chi connectivity index (χ0v) is 14.0. The fourth-order valence-electron chi connectivity index (χ4n) is 2.52. The zero-order valence-electron chi connectivity index (χ0n) is 13.2. The van der Waals surface area contributed by atoms with Crippen molar-refractivity contribution in [3.05, 3.63) is 65.7 Å². The van der Waals surface area contributed by atoms with Gasteiger partial charge in [0.15, 0.2) is 0 Å². The van der Waals surface area contributed by atoms with Gasteiger partial charge in [-0.15, -0.1) is 11.8 Å². The van der Waals surface area contributed by atoms with Gasteiger partial charge in [0.1, 0.15) is 0 Å². The van der Waals surface area contributed by atoms with Crippen LogP contribution in [0.5, 0.6) is 0 Å². The van der Waals surface area contributed by atoms with Crippen LogP contribution in [-0.4, -0.2) is 11.8 Å². The van der Waals surface area contributed by atoms with Crippen LogP contribution in [0, 0.1) is 6.92 Å². The summed E-state index contributed by atoms with van der Waals surface area (Å²) < 4.78 is 0. The van der Waals surface area contributed by atoms with Crippen LogP contribution in [0.3, 0.4) is 0 Å². The van der Waals surface area contributed by atoms with E-state index in [1.807, 2.05) is 11.8 Å². The third kappa shape index (κ3) is 4.62. The summed E-state index contributed by atoms with van der Waals surface area (Å²) in [6, 6.07) is 20.0. The second-order valence-electron chi connectivity index (χ2n) is 5.32. The molecule has 0 aliphatic rings. The molecule has 0 fully saturated rings. The smallest absolute Gasteiger partial charge is 0.0443 e. The Morgan fingerprint density at radius 2 is 1.62 bits per heavy atom. The van der Waals surface area contributed by atoms with Crippen molar-refractivity contribution in [2.24, 2.45) is 0 Å². The molecule has 2 atom stereocenters. The van der Waals surface area contributed by atoms with Crippen LogP contribution >= 0.6 is 11.8 Å². The van der Waals surface area contributed by atoms with E-state index < -0.39 is 0 Å². The Hall–Kier alpha value is -1.25. The molecule has 2 heteroatoms. The summed E-state index contributed by atoms with van der Waals surface area (Å²) in [4.78, 5) is 1.35. The van der Waals surface area contributed by atoms with Crippen molar-refractivity contribution in [3.63, 3.8) is 0 Å². The Balaban J connectivity index is 2.17. The first-order valence-electron chi connectivity index (χ1n) is 7.76. The van der Waals surface area contributed by atoms with Crippen LogP contribution in [0.15, 0.2) is 59.5 Å². The molecule has 2 aromatic carbocycles. The number of hydrogen-bond donors (Lipinski definition) is 1. The Kier molecular flexibility index (Phi) is 6.34. The summed E-state index contributed by atoms with van der Waals surface area (Å²) in [6.45, 7) is 7.58. The second-order valence-corrected chi connectivity index (χ2v) is 6.64. The Bertz CT molecular complexity index is 521. The Morgan fingerprint density at radius 1 is 0.952 bits per heavy atom. The summed E-state index contributed by atoms with van der Waals surface area (Å²) in [5, 5.41) is 4.20. The average Bonchev–Trinajstić information content (AvgIpc) is 2.53. The Morgan fingerprint density at radius 3 is 2.19 bits per heavy atom. The molecular formula is C19H25NS. The van der Waals surface area contributed by atoms with Gasteiger partial charge in [-0.05, 0) is 37.6 Å². The standard InChI is InChI=1S/C19H25NS/c1-4-18(21-17-13-11-15(3)12-14-17)19(20-5-2)16-9-7-6-8-10-16/h6-14,18-20H,4-5H2,1-3H3. The quantitative estimate of drug-likeness (QED) is 0.704. The summed E-state index contributed by atoms with van der Waals surface area (Å²) >= 11 is 1.98. The van der Waals surface area contributed by atoms with E-state index in [0.29, 0.717) is 11.3 Å². The molecule has 0 saturated heterocycles. The van der Waals surface area contributed by atoms with Gasteiger partial charge in [0.25, 0.3) is 0 Å². The molecule has 2 rings (SSSR count). The predicted molar refractivity (Wildman–Crippen MR) is 94.0 cm³/mol. The molecule has 0 aliphatic carbocycles. The summed E-state index contributed by atoms with van der Waals surface area (Å²) in [6.07, 6.45) is 1.14. The van der Waals surface area contributed by atoms with E-state index in [2.05, 4.69) is 80.7 Å². The molecule has 0 amide bonds. The fourth-order valence-corrected chi connectivity index (χ4v) is 3.72. The summed E-state index contributed by atoms with van der Waals surface area (Å²) in [5.74, 6) is 0. The van der Waals surface area contributed by atoms with E-state index >= 15 is 0 Å². The minimum Gasteiger partial charge on any atom is -0.309 e. The van der Waals surface area contributed by atoms with Crippen molar-refractivity contribution in [2.75, 3.05) is 6.54 Å². The van der Waals surface area contributed by atoms with Gasteiger partial charge >= 0.3 is 0 Å². The molecule has 21 heavy (non-hydrogen) atoms. The minimum atomic E-state index is 0.396. The zero-order chi connectivity index (χ0) is 15.1. The molecule has 0 bridgehead atoms. The molecular weight excluding hydrogens is 274 g/mol. The molecule has 0 aliphatic heterocycles. The highest BCUT2D eigenvalue weighted by atomic mass is 32.2. The van der Waals surface area contributed by atoms with E-state index in [9.17, 15) is 0 Å². The highest BCUT2D eigenvalue weighted by molar-refractivity contribution is 8.00. The van der Waals surface area contributed by atoms with Gasteiger partial charge in [0.2, 0.25) is 0 Å². The van der Waals surface area contributed by atoms with Crippen LogP contribution in [0.2, 0.25) is 0 Å². The predicted octanol–water partition coefficient (Wildman–Crippen LogP) is 5.22. The number of benzene rings is 2. The van der Waals surface area contributed by atoms with Crippen LogP contribution in [0.4, 0.5) is 0 Å². The number of nitrogens with one attached hydrogen (secondary N) is 1. The SMILES string of the molecule is CCNC(c1ccccc1)C(CC)Sc1ccc(C)cc1. The van der Waals surface area contributed by atoms with Crippen LogP contribution < -0.4 is 5.32 Å². The van der Waals surface area contributed by atoms with Crippen molar-refractivity contribution in [2.45, 2.75) is 43.4 Å². The van der Waals surface area contributed by atoms with Crippen LogP contribution in [0.1, 0.15) is 37.4 Å². The normalized spacial score (nSPS) is 13.9. The first-order valence-corrected chi connectivity index (χ1v) is 8.64. The maximum atomic E-state index is 3.66. The van der Waals surface area contributed by atoms with Gasteiger partial charge in [-0.1, -0.05) is 61.9 Å². The molecule has 0 aromatic heterocycles. The maximum absolute atomic E-state index is 3.66. The average molecular weight is 299 g/mol. The van der Waals surface area contributed by atoms with Crippen LogP contribution in [-0.2, 0) is 0 Å². The lowest BCUT2D eigenvalue weighted by molar-refractivity contribution is 0.521. The fraction of sp³-hybridized carbons (Fsp3) is 0.368. The summed E-state index contributed by atoms with van der Waals surface area (Å²) in [7, 11) is 0. The van der Waals surface area contributed by atoms with Gasteiger partial charge in [0, 0.05) is 16.2 Å². The van der Waals surface area contributed by atoms with Gasteiger partial charge in [0.05, 0.1) is 0 Å². The van der Waals surface area contributed by atoms with E-state index in [1.165, 1.54) is 16.0 Å². The number of hydrogen-bond acceptors (Lipinski definition) is 2. The van der Waals surface area contributed by atoms with Crippen LogP contribution in [0.25, 0.3) is 0 Å². The maximum Gasteiger partial charge on any atom is 0.0443 e. The lowest BCUT2D eigenvalue weighted by Crippen LogP contribution is -2.29. The van der Waals surface area contributed by atoms with Crippen molar-refractivity contribution in [1.29, 1.82) is 0 Å². The molecule has 0 radical (unpaired) electrons. The van der Waals surface area contributed by atoms with Gasteiger partial charge in [-0.2, -0.15) is 0 Å². The molecule has 0 heterocycles. The largest absolute Gasteiger partial charge is 0.309 e. The van der Waals surface area contributed by atoms with Gasteiger partial charge in [-0.25, -0.2) is 0 Å². The van der Waals surface area contributed by atoms with Crippen molar-refractivity contribution >= 4 is 11.8 Å². The molecule has 2 aromatic rings. The molecule has 1 nitrogen and oxygen atoms in total. The third-order valence-electron chi connectivity index (χ3n) is 3.67. The lowest BCUT2D eigenvalue weighted by Gasteiger charge is -2.27. The molecule has 1 N–H and O–H groups in total. The molecule has 112 valence electrons. The monoisotopic (exact) mass is 299 g/mol. The van der Waals surface area contributed by atoms with E-state index in [1.54, 1.807) is 0 Å². The summed E-state index contributed by atoms with van der Waals surface area (Å²) in [5.41, 5.74) is 2.70. The number of aryl methyl sites for hydroxylation is 1. The first kappa shape index (κ1) is 16.1. The highest BCUT2D eigenvalue weighted by Gasteiger charge is 2.21. The first-order chi connectivity index (χ1) is 10.2. The van der Waals surface area contributed by atoms with Gasteiger partial charge in [-0.3, -0.25) is 0 Å². The van der Waals surface area contributed by atoms with Gasteiger partial charge < -0.3 is 5.32 Å². The van der Waals surface area contributed by atoms with Crippen molar-refractivity contribution in [1.82, 2.24) is 5.32 Å². The topological polar surface area (TPSA) is 12.0 Å². The number of thioether (sulfide) groups is 1. The van der Waals surface area contributed by atoms with E-state index in [4.69, 9.17) is 0 Å². The molecule has 0 spiro atoms. The third-order valence-corrected chi connectivity index (χ3v) is 5.12. The second kappa shape index (κ2) is 8.26. The van der Waals surface area contributed by atoms with E-state index in [0.717, 1.165) is 13.0 Å². The van der Waals surface area contributed by atoms with Crippen molar-refractivity contribution in [3.8, 4) is 0 Å².